The highest BCUT2D eigenvalue weighted by Gasteiger charge is 2.20. The van der Waals surface area contributed by atoms with E-state index in [1.165, 1.54) is 0 Å². The molecule has 0 aromatic heterocycles. The van der Waals surface area contributed by atoms with Crippen LogP contribution >= 0.6 is 12.4 Å². The lowest BCUT2D eigenvalue weighted by molar-refractivity contribution is 0.202. The highest BCUT2D eigenvalue weighted by atomic mass is 35.5. The van der Waals surface area contributed by atoms with E-state index in [1.807, 2.05) is 12.1 Å². The van der Waals surface area contributed by atoms with Crippen molar-refractivity contribution in [2.75, 3.05) is 34.4 Å². The number of ether oxygens (including phenoxy) is 3. The second-order valence-corrected chi connectivity index (χ2v) is 5.11. The van der Waals surface area contributed by atoms with Gasteiger partial charge in [-0.25, -0.2) is 0 Å². The third kappa shape index (κ3) is 4.15. The van der Waals surface area contributed by atoms with Crippen LogP contribution in [-0.2, 0) is 6.54 Å². The molecule has 0 atom stereocenters. The molecule has 2 rings (SSSR count). The van der Waals surface area contributed by atoms with Crippen molar-refractivity contribution in [1.82, 2.24) is 4.90 Å². The highest BCUT2D eigenvalue weighted by molar-refractivity contribution is 5.85. The van der Waals surface area contributed by atoms with E-state index in [0.717, 1.165) is 43.8 Å². The number of methoxy groups -OCH3 is 3. The molecule has 1 fully saturated rings. The Hall–Kier alpha value is -1.17. The van der Waals surface area contributed by atoms with E-state index in [2.05, 4.69) is 4.90 Å². The molecule has 0 radical (unpaired) electrons. The first kappa shape index (κ1) is 17.9. The zero-order valence-electron chi connectivity index (χ0n) is 12.9. The van der Waals surface area contributed by atoms with Gasteiger partial charge in [0, 0.05) is 18.2 Å². The van der Waals surface area contributed by atoms with Crippen molar-refractivity contribution < 1.29 is 14.2 Å². The maximum atomic E-state index is 5.94. The van der Waals surface area contributed by atoms with Gasteiger partial charge in [0.2, 0.25) is 5.75 Å². The van der Waals surface area contributed by atoms with Gasteiger partial charge in [-0.15, -0.1) is 12.4 Å². The Labute approximate surface area is 132 Å². The van der Waals surface area contributed by atoms with Crippen LogP contribution in [0.15, 0.2) is 12.1 Å². The molecule has 2 N–H and O–H groups in total. The first-order valence-electron chi connectivity index (χ1n) is 6.95. The Morgan fingerprint density at radius 3 is 2.19 bits per heavy atom. The molecule has 0 saturated carbocycles. The molecule has 0 spiro atoms. The molecule has 1 aromatic rings. The number of nitrogens with zero attached hydrogens (tertiary/aromatic N) is 1. The van der Waals surface area contributed by atoms with E-state index in [-0.39, 0.29) is 12.4 Å². The maximum absolute atomic E-state index is 5.94. The summed E-state index contributed by atoms with van der Waals surface area (Å²) in [5, 5.41) is 0. The molecule has 1 aromatic carbocycles. The molecule has 6 heteroatoms. The predicted molar refractivity (Wildman–Crippen MR) is 85.8 cm³/mol. The third-order valence-electron chi connectivity index (χ3n) is 3.81. The molecule has 1 saturated heterocycles. The Morgan fingerprint density at radius 1 is 1.05 bits per heavy atom. The van der Waals surface area contributed by atoms with Crippen LogP contribution in [-0.4, -0.2) is 45.4 Å². The van der Waals surface area contributed by atoms with Crippen molar-refractivity contribution in [3.05, 3.63) is 17.7 Å². The first-order chi connectivity index (χ1) is 9.69. The van der Waals surface area contributed by atoms with Gasteiger partial charge in [-0.05, 0) is 32.0 Å². The van der Waals surface area contributed by atoms with E-state index < -0.39 is 0 Å². The van der Waals surface area contributed by atoms with Crippen molar-refractivity contribution in [2.24, 2.45) is 5.73 Å². The van der Waals surface area contributed by atoms with E-state index >= 15 is 0 Å². The molecule has 21 heavy (non-hydrogen) atoms. The molecular weight excluding hydrogens is 292 g/mol. The molecule has 120 valence electrons. The number of hydrogen-bond acceptors (Lipinski definition) is 5. The fourth-order valence-corrected chi connectivity index (χ4v) is 2.64. The maximum Gasteiger partial charge on any atom is 0.203 e. The predicted octanol–water partition coefficient (Wildman–Crippen LogP) is 2.06. The summed E-state index contributed by atoms with van der Waals surface area (Å²) in [5.74, 6) is 2.09. The zero-order valence-corrected chi connectivity index (χ0v) is 13.7. The number of nitrogens with two attached hydrogens (primary N) is 1. The summed E-state index contributed by atoms with van der Waals surface area (Å²) in [6.07, 6.45) is 2.10. The molecule has 0 unspecified atom stereocenters. The number of likely N-dealkylation sites (tertiary alicyclic amines) is 1. The topological polar surface area (TPSA) is 57.0 Å². The second kappa shape index (κ2) is 8.32. The van der Waals surface area contributed by atoms with Crippen LogP contribution in [0.25, 0.3) is 0 Å². The third-order valence-corrected chi connectivity index (χ3v) is 3.81. The van der Waals surface area contributed by atoms with E-state index in [4.69, 9.17) is 19.9 Å². The average molecular weight is 317 g/mol. The summed E-state index contributed by atoms with van der Waals surface area (Å²) in [4.78, 5) is 2.40. The molecule has 1 aliphatic heterocycles. The van der Waals surface area contributed by atoms with Gasteiger partial charge in [0.1, 0.15) is 0 Å². The number of hydrogen-bond donors (Lipinski definition) is 1. The highest BCUT2D eigenvalue weighted by Crippen LogP contribution is 2.40. The fraction of sp³-hybridized carbons (Fsp3) is 0.600. The van der Waals surface area contributed by atoms with Gasteiger partial charge in [-0.2, -0.15) is 0 Å². The lowest BCUT2D eigenvalue weighted by Crippen LogP contribution is -2.39. The van der Waals surface area contributed by atoms with E-state index in [1.54, 1.807) is 21.3 Å². The Kier molecular flexibility index (Phi) is 7.08. The zero-order chi connectivity index (χ0) is 14.5. The van der Waals surface area contributed by atoms with Crippen LogP contribution in [0.5, 0.6) is 17.2 Å². The summed E-state index contributed by atoms with van der Waals surface area (Å²) < 4.78 is 16.2. The van der Waals surface area contributed by atoms with Crippen molar-refractivity contribution in [1.29, 1.82) is 0 Å². The number of benzene rings is 1. The van der Waals surface area contributed by atoms with Gasteiger partial charge in [0.05, 0.1) is 21.3 Å². The van der Waals surface area contributed by atoms with Crippen LogP contribution < -0.4 is 19.9 Å². The van der Waals surface area contributed by atoms with Crippen LogP contribution in [0.1, 0.15) is 18.4 Å². The monoisotopic (exact) mass is 316 g/mol. The summed E-state index contributed by atoms with van der Waals surface area (Å²) in [6, 6.07) is 4.31. The lowest BCUT2D eigenvalue weighted by Gasteiger charge is -2.30. The van der Waals surface area contributed by atoms with Gasteiger partial charge in [0.25, 0.3) is 0 Å². The lowest BCUT2D eigenvalue weighted by atomic mass is 10.0. The summed E-state index contributed by atoms with van der Waals surface area (Å²) in [5.41, 5.74) is 7.05. The normalized spacial score (nSPS) is 16.2. The van der Waals surface area contributed by atoms with Gasteiger partial charge in [-0.1, -0.05) is 6.07 Å². The largest absolute Gasteiger partial charge is 0.493 e. The van der Waals surface area contributed by atoms with Crippen molar-refractivity contribution >= 4 is 12.4 Å². The number of halogens is 1. The SMILES string of the molecule is COc1ccc(CN2CCC(N)CC2)c(OC)c1OC.Cl. The molecule has 0 bridgehead atoms. The summed E-state index contributed by atoms with van der Waals surface area (Å²) in [7, 11) is 4.92. The molecule has 0 aliphatic carbocycles. The smallest absolute Gasteiger partial charge is 0.203 e. The van der Waals surface area contributed by atoms with Gasteiger partial charge < -0.3 is 19.9 Å². The van der Waals surface area contributed by atoms with Gasteiger partial charge in [0.15, 0.2) is 11.5 Å². The van der Waals surface area contributed by atoms with Crippen molar-refractivity contribution in [3.63, 3.8) is 0 Å². The van der Waals surface area contributed by atoms with Crippen molar-refractivity contribution in [3.8, 4) is 17.2 Å². The molecular formula is C15H25ClN2O3. The minimum absolute atomic E-state index is 0. The Bertz CT molecular complexity index is 449. The van der Waals surface area contributed by atoms with Crippen LogP contribution in [0.2, 0.25) is 0 Å². The Morgan fingerprint density at radius 2 is 1.67 bits per heavy atom. The van der Waals surface area contributed by atoms with Crippen LogP contribution in [0.3, 0.4) is 0 Å². The van der Waals surface area contributed by atoms with E-state index in [9.17, 15) is 0 Å². The first-order valence-corrected chi connectivity index (χ1v) is 6.95. The standard InChI is InChI=1S/C15H24N2O3.ClH/c1-18-13-5-4-11(14(19-2)15(13)20-3)10-17-8-6-12(16)7-9-17;/h4-5,12H,6-10,16H2,1-3H3;1H. The molecule has 1 heterocycles. The minimum atomic E-state index is 0. The Balaban J connectivity index is 0.00000220. The van der Waals surface area contributed by atoms with E-state index in [0.29, 0.717) is 17.5 Å². The van der Waals surface area contributed by atoms with Crippen LogP contribution in [0.4, 0.5) is 0 Å². The van der Waals surface area contributed by atoms with Gasteiger partial charge in [-0.3, -0.25) is 4.90 Å². The molecule has 0 amide bonds. The summed E-state index contributed by atoms with van der Waals surface area (Å²) >= 11 is 0. The molecule has 5 nitrogen and oxygen atoms in total. The number of piperidine rings is 1. The second-order valence-electron chi connectivity index (χ2n) is 5.11. The quantitative estimate of drug-likeness (QED) is 0.901. The van der Waals surface area contributed by atoms with Crippen LogP contribution in [0, 0.1) is 0 Å². The average Bonchev–Trinajstić information content (AvgIpc) is 2.48. The fourth-order valence-electron chi connectivity index (χ4n) is 2.64. The number of rotatable bonds is 5. The minimum Gasteiger partial charge on any atom is -0.493 e. The summed E-state index contributed by atoms with van der Waals surface area (Å²) in [6.45, 7) is 2.90. The molecule has 1 aliphatic rings. The van der Waals surface area contributed by atoms with Gasteiger partial charge >= 0.3 is 0 Å². The van der Waals surface area contributed by atoms with Crippen molar-refractivity contribution in [2.45, 2.75) is 25.4 Å².